The number of carboxylic acids is 1. The van der Waals surface area contributed by atoms with Crippen molar-refractivity contribution in [3.63, 3.8) is 0 Å². The van der Waals surface area contributed by atoms with E-state index in [-0.39, 0.29) is 29.0 Å². The van der Waals surface area contributed by atoms with Gasteiger partial charge in [-0.2, -0.15) is 5.10 Å². The molecule has 0 bridgehead atoms. The predicted octanol–water partition coefficient (Wildman–Crippen LogP) is 2.08. The number of piperidine rings is 1. The van der Waals surface area contributed by atoms with Crippen LogP contribution in [0.15, 0.2) is 24.5 Å². The van der Waals surface area contributed by atoms with Gasteiger partial charge in [-0.3, -0.25) is 14.3 Å². The number of nitrogens with one attached hydrogen (secondary N) is 1. The molecule has 2 aliphatic rings. The Bertz CT molecular complexity index is 963. The number of fused-ring (bicyclic) bond motifs is 1. The molecule has 0 radical (unpaired) electrons. The zero-order chi connectivity index (χ0) is 19.8. The van der Waals surface area contributed by atoms with Crippen molar-refractivity contribution in [2.75, 3.05) is 18.4 Å². The topological polar surface area (TPSA) is 105 Å². The van der Waals surface area contributed by atoms with Crippen LogP contribution in [0.3, 0.4) is 0 Å². The molecule has 1 saturated heterocycles. The molecule has 9 heteroatoms. The number of nitrogens with zero attached hydrogens (tertiary/aromatic N) is 3. The summed E-state index contributed by atoms with van der Waals surface area (Å²) in [6.07, 6.45) is 4.81. The molecule has 0 unspecified atom stereocenters. The first-order valence-corrected chi connectivity index (χ1v) is 9.11. The van der Waals surface area contributed by atoms with E-state index in [4.69, 9.17) is 5.11 Å². The van der Waals surface area contributed by atoms with Crippen molar-refractivity contribution in [1.82, 2.24) is 14.7 Å². The molecule has 4 rings (SSSR count). The normalized spacial score (nSPS) is 17.2. The average Bonchev–Trinajstić information content (AvgIpc) is 3.17. The second kappa shape index (κ2) is 7.06. The first kappa shape index (κ1) is 18.1. The molecular weight excluding hydrogens is 367 g/mol. The van der Waals surface area contributed by atoms with Gasteiger partial charge < -0.3 is 15.3 Å². The standard InChI is InChI=1S/C19H19FN4O4/c20-15-8-16-11(1-2-17(25)22-16)7-14(15)18(26)23-5-3-13(4-6-23)24-10-12(9-21-24)19(27)28/h7-10,13H,1-6H2,(H,22,25)(H,27,28). The molecule has 146 valence electrons. The summed E-state index contributed by atoms with van der Waals surface area (Å²) < 4.78 is 16.1. The van der Waals surface area contributed by atoms with Crippen molar-refractivity contribution >= 4 is 23.5 Å². The number of aryl methyl sites for hydroxylation is 1. The molecule has 0 spiro atoms. The zero-order valence-electron chi connectivity index (χ0n) is 15.0. The molecule has 2 amide bonds. The quantitative estimate of drug-likeness (QED) is 0.840. The van der Waals surface area contributed by atoms with Gasteiger partial charge in [-0.15, -0.1) is 0 Å². The molecule has 0 atom stereocenters. The molecule has 1 aromatic carbocycles. The summed E-state index contributed by atoms with van der Waals surface area (Å²) in [7, 11) is 0. The zero-order valence-corrected chi connectivity index (χ0v) is 15.0. The summed E-state index contributed by atoms with van der Waals surface area (Å²) in [6.45, 7) is 0.859. The van der Waals surface area contributed by atoms with E-state index in [1.54, 1.807) is 9.58 Å². The number of hydrogen-bond donors (Lipinski definition) is 2. The van der Waals surface area contributed by atoms with Crippen molar-refractivity contribution in [2.24, 2.45) is 0 Å². The largest absolute Gasteiger partial charge is 0.478 e. The highest BCUT2D eigenvalue weighted by molar-refractivity contribution is 5.98. The van der Waals surface area contributed by atoms with Crippen LogP contribution >= 0.6 is 0 Å². The Morgan fingerprint density at radius 2 is 1.96 bits per heavy atom. The molecule has 2 N–H and O–H groups in total. The number of benzene rings is 1. The van der Waals surface area contributed by atoms with Gasteiger partial charge in [0.25, 0.3) is 5.91 Å². The fraction of sp³-hybridized carbons (Fsp3) is 0.368. The van der Waals surface area contributed by atoms with Gasteiger partial charge in [-0.1, -0.05) is 0 Å². The smallest absolute Gasteiger partial charge is 0.338 e. The third-order valence-corrected chi connectivity index (χ3v) is 5.29. The van der Waals surface area contributed by atoms with Crippen molar-refractivity contribution in [2.45, 2.75) is 31.7 Å². The number of rotatable bonds is 3. The number of anilines is 1. The van der Waals surface area contributed by atoms with Crippen LogP contribution in [0.1, 0.15) is 51.6 Å². The summed E-state index contributed by atoms with van der Waals surface area (Å²) >= 11 is 0. The van der Waals surface area contributed by atoms with Crippen LogP contribution in [0.4, 0.5) is 10.1 Å². The minimum absolute atomic E-state index is 0.000687. The Morgan fingerprint density at radius 1 is 1.21 bits per heavy atom. The Labute approximate surface area is 159 Å². The lowest BCUT2D eigenvalue weighted by Crippen LogP contribution is -2.39. The Kier molecular flexibility index (Phi) is 4.58. The Balaban J connectivity index is 1.45. The summed E-state index contributed by atoms with van der Waals surface area (Å²) in [5.41, 5.74) is 1.33. The second-order valence-electron chi connectivity index (χ2n) is 7.07. The van der Waals surface area contributed by atoms with Gasteiger partial charge in [0.15, 0.2) is 0 Å². The molecule has 28 heavy (non-hydrogen) atoms. The number of likely N-dealkylation sites (tertiary alicyclic amines) is 1. The van der Waals surface area contributed by atoms with E-state index in [9.17, 15) is 18.8 Å². The van der Waals surface area contributed by atoms with Crippen molar-refractivity contribution < 1.29 is 23.9 Å². The van der Waals surface area contributed by atoms with E-state index in [1.165, 1.54) is 24.5 Å². The number of carbonyl (C=O) groups is 3. The first-order valence-electron chi connectivity index (χ1n) is 9.11. The Morgan fingerprint density at radius 3 is 2.64 bits per heavy atom. The van der Waals surface area contributed by atoms with Crippen molar-refractivity contribution in [3.05, 3.63) is 47.0 Å². The van der Waals surface area contributed by atoms with Crippen LogP contribution < -0.4 is 5.32 Å². The van der Waals surface area contributed by atoms with Gasteiger partial charge in [0.2, 0.25) is 5.91 Å². The van der Waals surface area contributed by atoms with E-state index in [0.29, 0.717) is 44.5 Å². The van der Waals surface area contributed by atoms with Crippen LogP contribution in [0.5, 0.6) is 0 Å². The molecule has 1 fully saturated rings. The average molecular weight is 386 g/mol. The van der Waals surface area contributed by atoms with Crippen LogP contribution in [0.25, 0.3) is 0 Å². The van der Waals surface area contributed by atoms with E-state index in [1.807, 2.05) is 0 Å². The van der Waals surface area contributed by atoms with Gasteiger partial charge >= 0.3 is 5.97 Å². The fourth-order valence-electron chi connectivity index (χ4n) is 3.72. The maximum absolute atomic E-state index is 14.5. The summed E-state index contributed by atoms with van der Waals surface area (Å²) in [4.78, 5) is 36.8. The second-order valence-corrected chi connectivity index (χ2v) is 7.07. The van der Waals surface area contributed by atoms with Gasteiger partial charge in [0, 0.05) is 31.4 Å². The molecule has 2 aliphatic heterocycles. The molecule has 8 nitrogen and oxygen atoms in total. The number of halogens is 1. The third-order valence-electron chi connectivity index (χ3n) is 5.29. The van der Waals surface area contributed by atoms with E-state index in [2.05, 4.69) is 10.4 Å². The Hall–Kier alpha value is -3.23. The lowest BCUT2D eigenvalue weighted by Gasteiger charge is -2.32. The molecular formula is C19H19FN4O4. The number of hydrogen-bond acceptors (Lipinski definition) is 4. The van der Waals surface area contributed by atoms with E-state index >= 15 is 0 Å². The maximum Gasteiger partial charge on any atom is 0.338 e. The number of aromatic carboxylic acids is 1. The molecule has 0 saturated carbocycles. The number of carboxylic acid groups (broad SMARTS) is 1. The first-order chi connectivity index (χ1) is 13.4. The highest BCUT2D eigenvalue weighted by Crippen LogP contribution is 2.28. The monoisotopic (exact) mass is 386 g/mol. The number of carbonyl (C=O) groups excluding carboxylic acids is 2. The van der Waals surface area contributed by atoms with Crippen molar-refractivity contribution in [3.8, 4) is 0 Å². The summed E-state index contributed by atoms with van der Waals surface area (Å²) in [5, 5.41) is 15.7. The van der Waals surface area contributed by atoms with Crippen molar-refractivity contribution in [1.29, 1.82) is 0 Å². The molecule has 2 aromatic rings. The molecule has 0 aliphatic carbocycles. The maximum atomic E-state index is 14.5. The summed E-state index contributed by atoms with van der Waals surface area (Å²) in [5.74, 6) is -2.20. The minimum Gasteiger partial charge on any atom is -0.478 e. The van der Waals surface area contributed by atoms with Gasteiger partial charge in [0.05, 0.1) is 23.4 Å². The van der Waals surface area contributed by atoms with E-state index < -0.39 is 11.8 Å². The van der Waals surface area contributed by atoms with Crippen LogP contribution in [0, 0.1) is 5.82 Å². The predicted molar refractivity (Wildman–Crippen MR) is 96.7 cm³/mol. The molecule has 1 aromatic heterocycles. The van der Waals surface area contributed by atoms with Gasteiger partial charge in [0.1, 0.15) is 5.82 Å². The molecule has 3 heterocycles. The third kappa shape index (κ3) is 3.35. The summed E-state index contributed by atoms with van der Waals surface area (Å²) in [6, 6.07) is 2.75. The fourth-order valence-corrected chi connectivity index (χ4v) is 3.72. The SMILES string of the molecule is O=C1CCc2cc(C(=O)N3CCC(n4cc(C(=O)O)cn4)CC3)c(F)cc2N1. The number of aromatic nitrogens is 2. The van der Waals surface area contributed by atoms with Gasteiger partial charge in [-0.05, 0) is 37.0 Å². The van der Waals surface area contributed by atoms with Crippen LogP contribution in [-0.4, -0.2) is 50.7 Å². The number of amides is 2. The lowest BCUT2D eigenvalue weighted by molar-refractivity contribution is -0.116. The minimum atomic E-state index is -1.03. The van der Waals surface area contributed by atoms with E-state index in [0.717, 1.165) is 5.56 Å². The lowest BCUT2D eigenvalue weighted by atomic mass is 9.98. The van der Waals surface area contributed by atoms with Gasteiger partial charge in [-0.25, -0.2) is 9.18 Å². The van der Waals surface area contributed by atoms with Crippen LogP contribution in [-0.2, 0) is 11.2 Å². The highest BCUT2D eigenvalue weighted by atomic mass is 19.1. The van der Waals surface area contributed by atoms with Crippen LogP contribution in [0.2, 0.25) is 0 Å². The highest BCUT2D eigenvalue weighted by Gasteiger charge is 2.28.